The maximum absolute atomic E-state index is 11.5. The van der Waals surface area contributed by atoms with E-state index in [1.165, 1.54) is 32.1 Å². The van der Waals surface area contributed by atoms with Crippen molar-refractivity contribution in [3.8, 4) is 0 Å². The molecule has 0 aromatic rings. The third-order valence-corrected chi connectivity index (χ3v) is 3.45. The lowest BCUT2D eigenvalue weighted by Crippen LogP contribution is -2.30. The fourth-order valence-corrected chi connectivity index (χ4v) is 2.63. The highest BCUT2D eigenvalue weighted by Gasteiger charge is 2.34. The van der Waals surface area contributed by atoms with Crippen LogP contribution in [0.25, 0.3) is 0 Å². The first kappa shape index (κ1) is 10.6. The smallest absolute Gasteiger partial charge is 0.248 e. The number of hydrogen-bond donors (Lipinski definition) is 2. The minimum absolute atomic E-state index is 0.0426. The summed E-state index contributed by atoms with van der Waals surface area (Å²) in [5.41, 5.74) is 9.20. The average molecular weight is 209 g/mol. The molecular formula is C11H19N3O. The monoisotopic (exact) mass is 209 g/mol. The van der Waals surface area contributed by atoms with Crippen molar-refractivity contribution < 1.29 is 4.79 Å². The summed E-state index contributed by atoms with van der Waals surface area (Å²) in [5.74, 6) is 0.522. The Morgan fingerprint density at radius 3 is 2.73 bits per heavy atom. The van der Waals surface area contributed by atoms with Crippen molar-refractivity contribution in [1.29, 1.82) is 0 Å². The molecule has 4 nitrogen and oxygen atoms in total. The van der Waals surface area contributed by atoms with Crippen molar-refractivity contribution in [2.75, 3.05) is 6.54 Å². The van der Waals surface area contributed by atoms with E-state index in [4.69, 9.17) is 5.73 Å². The molecule has 1 aliphatic heterocycles. The van der Waals surface area contributed by atoms with Crippen LogP contribution in [0.4, 0.5) is 0 Å². The molecule has 1 unspecified atom stereocenters. The summed E-state index contributed by atoms with van der Waals surface area (Å²) in [7, 11) is 0. The van der Waals surface area contributed by atoms with E-state index in [9.17, 15) is 4.79 Å². The Hall–Kier alpha value is -0.900. The Morgan fingerprint density at radius 1 is 1.33 bits per heavy atom. The van der Waals surface area contributed by atoms with E-state index in [-0.39, 0.29) is 11.8 Å². The van der Waals surface area contributed by atoms with Crippen LogP contribution in [-0.2, 0) is 4.79 Å². The number of nitrogens with one attached hydrogen (secondary N) is 1. The quantitative estimate of drug-likeness (QED) is 0.728. The lowest BCUT2D eigenvalue weighted by atomic mass is 9.80. The highest BCUT2D eigenvalue weighted by atomic mass is 16.2. The van der Waals surface area contributed by atoms with Crippen LogP contribution in [0.5, 0.6) is 0 Å². The third kappa shape index (κ3) is 2.20. The summed E-state index contributed by atoms with van der Waals surface area (Å²) in [6.07, 6.45) is 6.98. The standard InChI is InChI=1S/C11H19N3O/c12-7-6-9-10(13-14-11(9)15)8-4-2-1-3-5-8/h8-9H,1-7,12H2,(H,14,15). The number of hydrazone groups is 1. The van der Waals surface area contributed by atoms with Crippen LogP contribution in [0.15, 0.2) is 5.10 Å². The lowest BCUT2D eigenvalue weighted by Gasteiger charge is -2.23. The van der Waals surface area contributed by atoms with E-state index < -0.39 is 0 Å². The van der Waals surface area contributed by atoms with E-state index in [1.807, 2.05) is 0 Å². The Bertz CT molecular complexity index is 269. The molecule has 0 spiro atoms. The van der Waals surface area contributed by atoms with Gasteiger partial charge in [-0.05, 0) is 31.7 Å². The van der Waals surface area contributed by atoms with Crippen LogP contribution in [0.1, 0.15) is 38.5 Å². The van der Waals surface area contributed by atoms with Crippen molar-refractivity contribution in [3.05, 3.63) is 0 Å². The maximum Gasteiger partial charge on any atom is 0.248 e. The summed E-state index contributed by atoms with van der Waals surface area (Å²) < 4.78 is 0. The van der Waals surface area contributed by atoms with Crippen molar-refractivity contribution in [1.82, 2.24) is 5.43 Å². The molecule has 15 heavy (non-hydrogen) atoms. The number of nitrogens with two attached hydrogens (primary N) is 1. The van der Waals surface area contributed by atoms with Gasteiger partial charge in [-0.1, -0.05) is 19.3 Å². The minimum Gasteiger partial charge on any atom is -0.330 e. The van der Waals surface area contributed by atoms with E-state index in [0.717, 1.165) is 12.1 Å². The van der Waals surface area contributed by atoms with Gasteiger partial charge in [0.25, 0.3) is 0 Å². The summed E-state index contributed by atoms with van der Waals surface area (Å²) in [6, 6.07) is 0. The Morgan fingerprint density at radius 2 is 2.07 bits per heavy atom. The number of hydrogen-bond acceptors (Lipinski definition) is 3. The van der Waals surface area contributed by atoms with Crippen molar-refractivity contribution in [2.45, 2.75) is 38.5 Å². The van der Waals surface area contributed by atoms with Crippen LogP contribution in [-0.4, -0.2) is 18.2 Å². The second-order valence-corrected chi connectivity index (χ2v) is 4.48. The molecule has 84 valence electrons. The average Bonchev–Trinajstić information content (AvgIpc) is 2.63. The minimum atomic E-state index is -0.0434. The second kappa shape index (κ2) is 4.75. The highest BCUT2D eigenvalue weighted by molar-refractivity contribution is 6.08. The zero-order chi connectivity index (χ0) is 10.7. The summed E-state index contributed by atoms with van der Waals surface area (Å²) in [4.78, 5) is 11.5. The number of nitrogens with zero attached hydrogens (tertiary/aromatic N) is 1. The van der Waals surface area contributed by atoms with Gasteiger partial charge in [-0.25, -0.2) is 5.43 Å². The third-order valence-electron chi connectivity index (χ3n) is 3.45. The second-order valence-electron chi connectivity index (χ2n) is 4.48. The molecule has 1 fully saturated rings. The first-order valence-corrected chi connectivity index (χ1v) is 5.90. The van der Waals surface area contributed by atoms with Gasteiger partial charge in [-0.2, -0.15) is 5.10 Å². The predicted molar refractivity (Wildman–Crippen MR) is 59.3 cm³/mol. The van der Waals surface area contributed by atoms with Gasteiger partial charge >= 0.3 is 0 Å². The molecule has 0 aromatic carbocycles. The first-order valence-electron chi connectivity index (χ1n) is 5.90. The van der Waals surface area contributed by atoms with Gasteiger partial charge in [0.05, 0.1) is 11.6 Å². The van der Waals surface area contributed by atoms with Crippen LogP contribution in [0.2, 0.25) is 0 Å². The van der Waals surface area contributed by atoms with Gasteiger partial charge in [0.2, 0.25) is 5.91 Å². The van der Waals surface area contributed by atoms with Gasteiger partial charge in [-0.15, -0.1) is 0 Å². The van der Waals surface area contributed by atoms with E-state index in [0.29, 0.717) is 12.5 Å². The summed E-state index contributed by atoms with van der Waals surface area (Å²) >= 11 is 0. The largest absolute Gasteiger partial charge is 0.330 e. The molecule has 1 saturated carbocycles. The SMILES string of the molecule is NCCC1C(=O)NN=C1C1CCCCC1. The number of carbonyl (C=O) groups is 1. The van der Waals surface area contributed by atoms with Crippen molar-refractivity contribution in [3.63, 3.8) is 0 Å². The van der Waals surface area contributed by atoms with Gasteiger partial charge < -0.3 is 5.73 Å². The summed E-state index contributed by atoms with van der Waals surface area (Å²) in [5, 5.41) is 4.20. The molecule has 1 heterocycles. The van der Waals surface area contributed by atoms with E-state index in [2.05, 4.69) is 10.5 Å². The molecule has 4 heteroatoms. The maximum atomic E-state index is 11.5. The molecule has 0 bridgehead atoms. The van der Waals surface area contributed by atoms with Crippen molar-refractivity contribution >= 4 is 11.6 Å². The topological polar surface area (TPSA) is 67.5 Å². The van der Waals surface area contributed by atoms with Crippen LogP contribution in [0, 0.1) is 11.8 Å². The molecule has 1 amide bonds. The predicted octanol–water partition coefficient (Wildman–Crippen LogP) is 1.02. The molecule has 1 aliphatic carbocycles. The summed E-state index contributed by atoms with van der Waals surface area (Å²) in [6.45, 7) is 0.559. The van der Waals surface area contributed by atoms with Crippen LogP contribution in [0.3, 0.4) is 0 Å². The van der Waals surface area contributed by atoms with Gasteiger partial charge in [0.1, 0.15) is 0 Å². The highest BCUT2D eigenvalue weighted by Crippen LogP contribution is 2.29. The van der Waals surface area contributed by atoms with Gasteiger partial charge in [0.15, 0.2) is 0 Å². The van der Waals surface area contributed by atoms with Crippen molar-refractivity contribution in [2.24, 2.45) is 22.7 Å². The Balaban J connectivity index is 2.03. The molecular weight excluding hydrogens is 190 g/mol. The van der Waals surface area contributed by atoms with E-state index in [1.54, 1.807) is 0 Å². The Kier molecular flexibility index (Phi) is 3.36. The van der Waals surface area contributed by atoms with Crippen LogP contribution >= 0.6 is 0 Å². The fourth-order valence-electron chi connectivity index (χ4n) is 2.63. The first-order chi connectivity index (χ1) is 7.33. The molecule has 2 aliphatic rings. The zero-order valence-electron chi connectivity index (χ0n) is 9.04. The molecule has 0 saturated heterocycles. The van der Waals surface area contributed by atoms with Gasteiger partial charge in [0, 0.05) is 0 Å². The molecule has 2 rings (SSSR count). The molecule has 1 atom stereocenters. The fraction of sp³-hybridized carbons (Fsp3) is 0.818. The lowest BCUT2D eigenvalue weighted by molar-refractivity contribution is -0.122. The molecule has 0 radical (unpaired) electrons. The van der Waals surface area contributed by atoms with Gasteiger partial charge in [-0.3, -0.25) is 4.79 Å². The molecule has 3 N–H and O–H groups in total. The number of amides is 1. The number of rotatable bonds is 3. The zero-order valence-corrected chi connectivity index (χ0v) is 9.04. The number of carbonyl (C=O) groups excluding carboxylic acids is 1. The normalized spacial score (nSPS) is 27.7. The van der Waals surface area contributed by atoms with E-state index >= 15 is 0 Å². The molecule has 0 aromatic heterocycles. The Labute approximate surface area is 90.3 Å². The van der Waals surface area contributed by atoms with Crippen LogP contribution < -0.4 is 11.2 Å².